The van der Waals surface area contributed by atoms with Crippen molar-refractivity contribution in [1.82, 2.24) is 5.06 Å². The molecule has 0 unspecified atom stereocenters. The summed E-state index contributed by atoms with van der Waals surface area (Å²) in [6.45, 7) is 34.7. The molecule has 0 spiro atoms. The van der Waals surface area contributed by atoms with Crippen LogP contribution >= 0.6 is 0 Å². The van der Waals surface area contributed by atoms with Crippen LogP contribution in [0.2, 0.25) is 33.2 Å². The van der Waals surface area contributed by atoms with Gasteiger partial charge in [-0.3, -0.25) is 4.84 Å². The Morgan fingerprint density at radius 3 is 1.70 bits per heavy atom. The van der Waals surface area contributed by atoms with Crippen molar-refractivity contribution < 1.29 is 18.4 Å². The molecule has 0 radical (unpaired) electrons. The second-order valence-corrected chi connectivity index (χ2v) is 25.7. The van der Waals surface area contributed by atoms with Gasteiger partial charge in [-0.1, -0.05) is 113 Å². The molecule has 0 fully saturated rings. The summed E-state index contributed by atoms with van der Waals surface area (Å²) >= 11 is 0. The van der Waals surface area contributed by atoms with Crippen molar-refractivity contribution in [3.8, 4) is 0 Å². The molecule has 7 heteroatoms. The van der Waals surface area contributed by atoms with E-state index in [4.69, 9.17) is 18.4 Å². The summed E-state index contributed by atoms with van der Waals surface area (Å²) in [4.78, 5) is 6.67. The first-order chi connectivity index (χ1) is 20.1. The highest BCUT2D eigenvalue weighted by atomic mass is 28.4. The maximum atomic E-state index is 7.45. The number of hydrogen-bond acceptors (Lipinski definition) is 5. The van der Waals surface area contributed by atoms with Crippen molar-refractivity contribution in [3.63, 3.8) is 0 Å². The van der Waals surface area contributed by atoms with E-state index in [0.717, 1.165) is 25.2 Å². The molecule has 1 aliphatic rings. The largest absolute Gasteiger partial charge is 0.545 e. The second-order valence-electron chi connectivity index (χ2n) is 14.9. The fraction of sp³-hybridized carbons (Fsp3) is 0.778. The highest BCUT2D eigenvalue weighted by Crippen LogP contribution is 2.46. The van der Waals surface area contributed by atoms with Crippen molar-refractivity contribution in [3.05, 3.63) is 47.7 Å². The lowest BCUT2D eigenvalue weighted by atomic mass is 10.1. The average Bonchev–Trinajstić information content (AvgIpc) is 2.91. The van der Waals surface area contributed by atoms with Crippen molar-refractivity contribution >= 4 is 16.6 Å². The predicted molar refractivity (Wildman–Crippen MR) is 188 cm³/mol. The van der Waals surface area contributed by atoms with E-state index in [1.54, 1.807) is 0 Å². The minimum atomic E-state index is -2.17. The average molecular weight is 634 g/mol. The molecule has 2 rings (SSSR count). The van der Waals surface area contributed by atoms with Gasteiger partial charge in [0.1, 0.15) is 6.10 Å². The maximum Gasteiger partial charge on any atom is 0.258 e. The van der Waals surface area contributed by atoms with E-state index in [-0.39, 0.29) is 18.2 Å². The number of nitrogens with zero attached hydrogens (tertiary/aromatic N) is 1. The molecule has 0 bridgehead atoms. The summed E-state index contributed by atoms with van der Waals surface area (Å²) in [6, 6.07) is 10.6. The molecule has 2 atom stereocenters. The van der Waals surface area contributed by atoms with Crippen LogP contribution in [0.1, 0.15) is 115 Å². The maximum absolute atomic E-state index is 7.45. The Morgan fingerprint density at radius 2 is 1.23 bits per heavy atom. The smallest absolute Gasteiger partial charge is 0.258 e. The quantitative estimate of drug-likeness (QED) is 0.119. The summed E-state index contributed by atoms with van der Waals surface area (Å²) < 4.78 is 20.6. The summed E-state index contributed by atoms with van der Waals surface area (Å²) in [6.07, 6.45) is 3.99. The van der Waals surface area contributed by atoms with Crippen LogP contribution in [0, 0.1) is 0 Å². The first-order valence-electron chi connectivity index (χ1n) is 17.2. The molecule has 0 saturated carbocycles. The molecular formula is C36H67NO4Si2. The first kappa shape index (κ1) is 38.2. The van der Waals surface area contributed by atoms with Gasteiger partial charge in [0.15, 0.2) is 8.32 Å². The van der Waals surface area contributed by atoms with Crippen LogP contribution in [-0.4, -0.2) is 53.1 Å². The minimum Gasteiger partial charge on any atom is -0.545 e. The third kappa shape index (κ3) is 9.29. The Bertz CT molecular complexity index is 918. The molecule has 0 aliphatic carbocycles. The van der Waals surface area contributed by atoms with Crippen molar-refractivity contribution in [2.75, 3.05) is 13.2 Å². The molecule has 1 aromatic carbocycles. The van der Waals surface area contributed by atoms with Gasteiger partial charge < -0.3 is 13.6 Å². The van der Waals surface area contributed by atoms with Gasteiger partial charge in [-0.2, -0.15) is 5.06 Å². The highest BCUT2D eigenvalue weighted by Gasteiger charge is 2.49. The molecule has 0 saturated heterocycles. The molecule has 1 aromatic rings. The van der Waals surface area contributed by atoms with Gasteiger partial charge in [-0.05, 0) is 71.6 Å². The van der Waals surface area contributed by atoms with E-state index in [0.29, 0.717) is 46.5 Å². The van der Waals surface area contributed by atoms with Gasteiger partial charge >= 0.3 is 0 Å². The number of hydrogen-bond donors (Lipinski definition) is 0. The van der Waals surface area contributed by atoms with E-state index in [1.807, 2.05) is 6.07 Å². The molecule has 0 amide bonds. The van der Waals surface area contributed by atoms with Crippen LogP contribution in [-0.2, 0) is 25.0 Å². The monoisotopic (exact) mass is 633 g/mol. The van der Waals surface area contributed by atoms with E-state index in [1.165, 1.54) is 5.56 Å². The number of rotatable bonds is 18. The lowest BCUT2D eigenvalue weighted by Gasteiger charge is -2.48. The summed E-state index contributed by atoms with van der Waals surface area (Å²) in [5, 5.41) is 2.20. The van der Waals surface area contributed by atoms with Crippen molar-refractivity contribution in [2.45, 2.75) is 168 Å². The SMILES string of the molecule is CC(C)N1O[C@@H](COCc2ccccc2)C=C(O[Si](C(C)C)(C(C)C)C(C)C)[C@H]1CCCO[Si](C(C)C)(C(C)C)C(C)C. The van der Waals surface area contributed by atoms with Crippen LogP contribution in [0.5, 0.6) is 0 Å². The Morgan fingerprint density at radius 1 is 0.721 bits per heavy atom. The fourth-order valence-corrected chi connectivity index (χ4v) is 18.9. The minimum absolute atomic E-state index is 0.0605. The van der Waals surface area contributed by atoms with Crippen LogP contribution in [0.3, 0.4) is 0 Å². The number of benzene rings is 1. The lowest BCUT2D eigenvalue weighted by molar-refractivity contribution is -0.245. The van der Waals surface area contributed by atoms with Gasteiger partial charge in [0.25, 0.3) is 8.32 Å². The van der Waals surface area contributed by atoms with Gasteiger partial charge in [-0.15, -0.1) is 0 Å². The number of hydroxylamine groups is 2. The van der Waals surface area contributed by atoms with E-state index in [9.17, 15) is 0 Å². The van der Waals surface area contributed by atoms with Crippen LogP contribution in [0.15, 0.2) is 42.2 Å². The Labute approximate surface area is 268 Å². The predicted octanol–water partition coefficient (Wildman–Crippen LogP) is 10.6. The third-order valence-electron chi connectivity index (χ3n) is 9.83. The molecule has 1 heterocycles. The van der Waals surface area contributed by atoms with E-state index >= 15 is 0 Å². The molecule has 43 heavy (non-hydrogen) atoms. The highest BCUT2D eigenvalue weighted by molar-refractivity contribution is 6.78. The zero-order valence-corrected chi connectivity index (χ0v) is 32.3. The fourth-order valence-electron chi connectivity index (χ4n) is 8.06. The van der Waals surface area contributed by atoms with Gasteiger partial charge in [-0.25, -0.2) is 0 Å². The third-order valence-corrected chi connectivity index (χ3v) is 22.0. The van der Waals surface area contributed by atoms with Crippen LogP contribution in [0.4, 0.5) is 0 Å². The van der Waals surface area contributed by atoms with Gasteiger partial charge in [0.2, 0.25) is 0 Å². The molecule has 5 nitrogen and oxygen atoms in total. The molecular weight excluding hydrogens is 567 g/mol. The number of ether oxygens (including phenoxy) is 1. The van der Waals surface area contributed by atoms with E-state index < -0.39 is 16.6 Å². The van der Waals surface area contributed by atoms with Crippen molar-refractivity contribution in [2.24, 2.45) is 0 Å². The standard InChI is InChI=1S/C36H67NO4Si2/c1-26(2)37-35(21-18-22-39-42(27(3)4,28(5)6)29(7)8)36(41-43(30(9)10,31(11)12)32(13)14)23-34(40-37)25-38-24-33-19-16-15-17-20-33/h15-17,19-20,23,26-32,34-35H,18,21-22,24-25H2,1-14H3/t34-,35-/m1/s1. The summed E-state index contributed by atoms with van der Waals surface area (Å²) in [5.74, 6) is 1.09. The molecule has 0 aromatic heterocycles. The Hall–Kier alpha value is -0.966. The Balaban J connectivity index is 2.37. The van der Waals surface area contributed by atoms with Crippen molar-refractivity contribution in [1.29, 1.82) is 0 Å². The first-order valence-corrected chi connectivity index (χ1v) is 21.5. The zero-order valence-electron chi connectivity index (χ0n) is 30.3. The zero-order chi connectivity index (χ0) is 32.5. The summed E-state index contributed by atoms with van der Waals surface area (Å²) in [5.41, 5.74) is 4.42. The molecule has 0 N–H and O–H groups in total. The lowest BCUT2D eigenvalue weighted by Crippen LogP contribution is -2.54. The topological polar surface area (TPSA) is 40.2 Å². The van der Waals surface area contributed by atoms with E-state index in [2.05, 4.69) is 132 Å². The second kappa shape index (κ2) is 17.1. The van der Waals surface area contributed by atoms with Crippen LogP contribution < -0.4 is 0 Å². The molecule has 248 valence electrons. The summed E-state index contributed by atoms with van der Waals surface area (Å²) in [7, 11) is -4.08. The van der Waals surface area contributed by atoms with Gasteiger partial charge in [0.05, 0.1) is 25.0 Å². The molecule has 1 aliphatic heterocycles. The van der Waals surface area contributed by atoms with Gasteiger partial charge in [0, 0.05) is 12.6 Å². The normalized spacial score (nSPS) is 19.1. The Kier molecular flexibility index (Phi) is 15.2. The van der Waals surface area contributed by atoms with Crippen LogP contribution in [0.25, 0.3) is 0 Å².